The molecule has 7 atom stereocenters. The van der Waals surface area contributed by atoms with Crippen LogP contribution in [0.1, 0.15) is 204 Å². The monoisotopic (exact) mass is 1350 g/mol. The van der Waals surface area contributed by atoms with Gasteiger partial charge in [0.15, 0.2) is 0 Å². The number of aliphatic imine (C=N–C) groups is 1. The summed E-state index contributed by atoms with van der Waals surface area (Å²) in [6, 6.07) is 12.9. The first-order chi connectivity index (χ1) is 44.8. The van der Waals surface area contributed by atoms with Gasteiger partial charge in [-0.1, -0.05) is 88.7 Å². The number of ether oxygens (including phenoxy) is 3. The molecule has 22 nitrogen and oxygen atoms in total. The number of rotatable bonds is 30. The Bertz CT molecular complexity index is 2900. The molecular weight excluding hydrogens is 1230 g/mol. The van der Waals surface area contributed by atoms with Gasteiger partial charge >= 0.3 is 6.09 Å². The van der Waals surface area contributed by atoms with Crippen molar-refractivity contribution >= 4 is 65.4 Å². The number of carbonyl (C=O) groups is 7. The van der Waals surface area contributed by atoms with E-state index in [0.717, 1.165) is 115 Å². The highest BCUT2D eigenvalue weighted by Crippen LogP contribution is 2.38. The second-order valence-electron chi connectivity index (χ2n) is 27.1. The zero-order valence-corrected chi connectivity index (χ0v) is 60.5. The van der Waals surface area contributed by atoms with Crippen LogP contribution in [-0.2, 0) is 44.7 Å². The number of nitrogens with two attached hydrogens (primary N) is 2. The molecule has 3 saturated heterocycles. The van der Waals surface area contributed by atoms with Crippen LogP contribution in [0.2, 0.25) is 5.02 Å². The molecule has 0 aromatic heterocycles. The summed E-state index contributed by atoms with van der Waals surface area (Å²) in [5, 5.41) is 25.2. The highest BCUT2D eigenvalue weighted by Gasteiger charge is 2.40. The SMILES string of the molecule is C=C(C1N/C(=C(\N)C2CC2)COCC1(C)C)N1CCC(O)C1.CC.CC(=O)N(CCC1CCC(C)N1C=O)CC(C)NC(=O)OC(C)(C)C.CC(=O)NC(CC(=O)NCCCCCc1cccc(OCC(CCC(N)=O)NC=O)c1Cl)c1ccc(/C(C)=C(\C)N=C(C)C)cc1. The molecule has 0 bridgehead atoms. The van der Waals surface area contributed by atoms with Crippen molar-refractivity contribution in [3.05, 3.63) is 93.5 Å². The van der Waals surface area contributed by atoms with E-state index in [0.29, 0.717) is 68.9 Å². The molecule has 7 unspecified atom stereocenters. The van der Waals surface area contributed by atoms with Gasteiger partial charge in [-0.05, 0) is 155 Å². The van der Waals surface area contributed by atoms with Crippen molar-refractivity contribution < 1.29 is 52.9 Å². The van der Waals surface area contributed by atoms with E-state index in [1.807, 2.05) is 96.7 Å². The second kappa shape index (κ2) is 41.0. The average molecular weight is 1350 g/mol. The number of aliphatic hydroxyl groups is 1. The summed E-state index contributed by atoms with van der Waals surface area (Å²) in [5.41, 5.74) is 19.7. The maximum absolute atomic E-state index is 12.8. The number of aliphatic hydroxyl groups excluding tert-OH is 1. The lowest BCUT2D eigenvalue weighted by atomic mass is 9.83. The Labute approximate surface area is 571 Å². The molecule has 7 amide bonds. The summed E-state index contributed by atoms with van der Waals surface area (Å²) < 4.78 is 16.9. The van der Waals surface area contributed by atoms with Crippen LogP contribution < -0.4 is 42.8 Å². The lowest BCUT2D eigenvalue weighted by Gasteiger charge is -2.38. The largest absolute Gasteiger partial charge is 0.490 e. The number of nitrogens with one attached hydrogen (secondary N) is 5. The summed E-state index contributed by atoms with van der Waals surface area (Å²) in [4.78, 5) is 91.9. The van der Waals surface area contributed by atoms with Gasteiger partial charge in [-0.2, -0.15) is 0 Å². The van der Waals surface area contributed by atoms with E-state index in [9.17, 15) is 38.7 Å². The van der Waals surface area contributed by atoms with Crippen LogP contribution >= 0.6 is 11.6 Å². The van der Waals surface area contributed by atoms with Crippen molar-refractivity contribution in [2.24, 2.45) is 27.8 Å². The van der Waals surface area contributed by atoms with Crippen molar-refractivity contribution in [2.75, 3.05) is 52.5 Å². The fraction of sp³-hybridized carbons (Fsp3) is 0.639. The minimum absolute atomic E-state index is 0.0402. The Kier molecular flexibility index (Phi) is 35.5. The Morgan fingerprint density at radius 3 is 2.22 bits per heavy atom. The molecule has 95 heavy (non-hydrogen) atoms. The molecule has 3 aliphatic heterocycles. The van der Waals surface area contributed by atoms with Crippen LogP contribution in [0, 0.1) is 11.3 Å². The molecule has 4 fully saturated rings. The van der Waals surface area contributed by atoms with Gasteiger partial charge in [0.1, 0.15) is 18.0 Å². The molecule has 532 valence electrons. The van der Waals surface area contributed by atoms with Gasteiger partial charge in [-0.3, -0.25) is 33.8 Å². The van der Waals surface area contributed by atoms with E-state index < -0.39 is 23.6 Å². The number of primary amides is 1. The molecule has 23 heteroatoms. The number of carbonyl (C=O) groups excluding carboxylic acids is 7. The highest BCUT2D eigenvalue weighted by molar-refractivity contribution is 6.32. The number of aryl methyl sites for hydroxylation is 1. The average Bonchev–Trinajstić information content (AvgIpc) is 1.70. The number of β-amino-alcohol motifs (C(OH)–C–C–N with tert-alkyl or cyclic N) is 1. The van der Waals surface area contributed by atoms with Gasteiger partial charge in [-0.25, -0.2) is 4.79 Å². The minimum atomic E-state index is -0.554. The van der Waals surface area contributed by atoms with E-state index in [1.165, 1.54) is 26.7 Å². The molecule has 10 N–H and O–H groups in total. The van der Waals surface area contributed by atoms with E-state index >= 15 is 0 Å². The van der Waals surface area contributed by atoms with Gasteiger partial charge < -0.3 is 72.1 Å². The number of alkyl carbamates (subject to hydrolysis) is 1. The number of halogens is 1. The summed E-state index contributed by atoms with van der Waals surface area (Å²) in [7, 11) is 0. The lowest BCUT2D eigenvalue weighted by molar-refractivity contribution is -0.129. The Morgan fingerprint density at radius 1 is 0.958 bits per heavy atom. The van der Waals surface area contributed by atoms with Crippen molar-refractivity contribution in [2.45, 2.75) is 235 Å². The highest BCUT2D eigenvalue weighted by atomic mass is 35.5. The number of amides is 7. The first-order valence-corrected chi connectivity index (χ1v) is 34.3. The first kappa shape index (κ1) is 82.1. The van der Waals surface area contributed by atoms with Crippen molar-refractivity contribution in [3.8, 4) is 5.75 Å². The molecule has 4 aliphatic rings. The number of hydrogen-bond acceptors (Lipinski definition) is 15. The quantitative estimate of drug-likeness (QED) is 0.0205. The summed E-state index contributed by atoms with van der Waals surface area (Å²) in [6.45, 7) is 37.3. The van der Waals surface area contributed by atoms with Crippen LogP contribution in [-0.4, -0.2) is 163 Å². The molecule has 1 saturated carbocycles. The number of hydrogen-bond donors (Lipinski definition) is 8. The van der Waals surface area contributed by atoms with Crippen molar-refractivity contribution in [1.82, 2.24) is 41.3 Å². The fourth-order valence-electron chi connectivity index (χ4n) is 11.5. The third kappa shape index (κ3) is 29.8. The van der Waals surface area contributed by atoms with E-state index in [2.05, 4.69) is 56.9 Å². The third-order valence-electron chi connectivity index (χ3n) is 16.9. The zero-order chi connectivity index (χ0) is 71.2. The smallest absolute Gasteiger partial charge is 0.407 e. The third-order valence-corrected chi connectivity index (χ3v) is 17.3. The van der Waals surface area contributed by atoms with Crippen LogP contribution in [0.4, 0.5) is 4.79 Å². The molecular formula is C72H116ClN11O11. The number of likely N-dealkylation sites (tertiary alicyclic amines) is 2. The van der Waals surface area contributed by atoms with Crippen LogP contribution in [0.3, 0.4) is 0 Å². The normalized spacial score (nSPS) is 19.8. The van der Waals surface area contributed by atoms with Crippen molar-refractivity contribution in [3.63, 3.8) is 0 Å². The topological polar surface area (TPSA) is 302 Å². The predicted octanol–water partition coefficient (Wildman–Crippen LogP) is 9.76. The van der Waals surface area contributed by atoms with E-state index in [1.54, 1.807) is 31.7 Å². The van der Waals surface area contributed by atoms with Crippen LogP contribution in [0.15, 0.2) is 76.8 Å². The predicted molar refractivity (Wildman–Crippen MR) is 378 cm³/mol. The van der Waals surface area contributed by atoms with Gasteiger partial charge in [0.05, 0.1) is 54.6 Å². The molecule has 0 radical (unpaired) electrons. The Hall–Kier alpha value is -7.17. The van der Waals surface area contributed by atoms with Gasteiger partial charge in [0.25, 0.3) is 0 Å². The molecule has 2 aromatic rings. The minimum Gasteiger partial charge on any atom is -0.490 e. The first-order valence-electron chi connectivity index (χ1n) is 34.0. The molecule has 1 aliphatic carbocycles. The molecule has 3 heterocycles. The van der Waals surface area contributed by atoms with Gasteiger partial charge in [-0.15, -0.1) is 0 Å². The molecule has 2 aromatic carbocycles. The van der Waals surface area contributed by atoms with Crippen molar-refractivity contribution in [1.29, 1.82) is 0 Å². The summed E-state index contributed by atoms with van der Waals surface area (Å²) in [5.74, 6) is 0.217. The Balaban J connectivity index is 0.000000402. The maximum Gasteiger partial charge on any atom is 0.407 e. The van der Waals surface area contributed by atoms with Gasteiger partial charge in [0, 0.05) is 105 Å². The van der Waals surface area contributed by atoms with Gasteiger partial charge in [0.2, 0.25) is 36.4 Å². The number of allylic oxidation sites excluding steroid dienone is 3. The van der Waals surface area contributed by atoms with Crippen LogP contribution in [0.25, 0.3) is 5.57 Å². The molecule has 6 rings (SSSR count). The number of benzene rings is 2. The molecule has 0 spiro atoms. The van der Waals surface area contributed by atoms with E-state index in [4.69, 9.17) is 37.3 Å². The number of unbranched alkanes of at least 4 members (excludes halogenated alkanes) is 2. The maximum atomic E-state index is 12.8. The fourth-order valence-corrected chi connectivity index (χ4v) is 11.7. The second-order valence-corrected chi connectivity index (χ2v) is 27.5. The summed E-state index contributed by atoms with van der Waals surface area (Å²) >= 11 is 6.59. The van der Waals surface area contributed by atoms with E-state index in [-0.39, 0.29) is 78.9 Å². The Morgan fingerprint density at radius 2 is 1.64 bits per heavy atom. The summed E-state index contributed by atoms with van der Waals surface area (Å²) in [6.07, 6.45) is 10.6. The van der Waals surface area contributed by atoms with Crippen LogP contribution in [0.5, 0.6) is 5.75 Å². The standard InChI is InChI=1S/C35H48ClN5O5.C18H33N3O4.C17H29N3O2.C2H6/c1-23(2)40-25(4)24(3)27-13-15-28(16-14-27)31(41-26(5)43)20-34(45)38-19-8-6-7-10-29-11-9-12-32(35(29)36)46-21-30(39-22-42)17-18-33(37)44;1-13(19-17(24)25-18(4,5)6)11-20(15(3)23)10-9-16-8-7-14(2)21(16)12-22;1-11(20-7-6-13(21)8-20)16-17(2,3)10-22-9-14(19-16)15(18)12-4-5-12;1-2/h9,11-16,22,30-31H,6-8,10,17-21H2,1-5H3,(H2,37,44)(H,38,45)(H,39,42)(H,41,43);12-14,16H,7-11H2,1-6H3,(H,19,24);12-13,16,19,21H,1,4-10,18H2,2-3H3;1-2H3/b25-24+;;15-14-;. The lowest BCUT2D eigenvalue weighted by Crippen LogP contribution is -2.47. The number of nitrogens with zero attached hydrogens (tertiary/aromatic N) is 4. The zero-order valence-electron chi connectivity index (χ0n) is 59.7.